The lowest BCUT2D eigenvalue weighted by Crippen LogP contribution is -2.42. The molecule has 2 aromatic rings. The summed E-state index contributed by atoms with van der Waals surface area (Å²) in [5, 5.41) is 2.93. The minimum absolute atomic E-state index is 0.0335. The molecule has 31 heavy (non-hydrogen) atoms. The van der Waals surface area contributed by atoms with E-state index in [1.54, 1.807) is 30.3 Å². The Bertz CT molecular complexity index is 1020. The average molecular weight is 445 g/mol. The van der Waals surface area contributed by atoms with Gasteiger partial charge in [-0.3, -0.25) is 9.10 Å². The molecule has 0 aliphatic heterocycles. The van der Waals surface area contributed by atoms with Crippen LogP contribution >= 0.6 is 0 Å². The number of nitrogens with one attached hydrogen (secondary N) is 1. The number of anilines is 1. The van der Waals surface area contributed by atoms with Crippen LogP contribution < -0.4 is 9.62 Å². The molecule has 3 rings (SSSR count). The quantitative estimate of drug-likeness (QED) is 0.661. The van der Waals surface area contributed by atoms with Gasteiger partial charge in [-0.05, 0) is 49.1 Å². The van der Waals surface area contributed by atoms with Crippen LogP contribution in [0.3, 0.4) is 0 Å². The molecule has 2 unspecified atom stereocenters. The Morgan fingerprint density at radius 1 is 1.06 bits per heavy atom. The third kappa shape index (κ3) is 5.64. The molecule has 7 nitrogen and oxygen atoms in total. The first-order valence-electron chi connectivity index (χ1n) is 10.4. The molecule has 1 aliphatic rings. The van der Waals surface area contributed by atoms with Crippen molar-refractivity contribution >= 4 is 27.6 Å². The summed E-state index contributed by atoms with van der Waals surface area (Å²) in [6.45, 7) is 1.71. The first-order valence-corrected chi connectivity index (χ1v) is 11.8. The molecule has 2 atom stereocenters. The summed E-state index contributed by atoms with van der Waals surface area (Å²) in [6.07, 6.45) is 4.24. The summed E-state index contributed by atoms with van der Waals surface area (Å²) in [4.78, 5) is 24.6. The molecule has 1 amide bonds. The van der Waals surface area contributed by atoms with Crippen molar-refractivity contribution in [1.82, 2.24) is 5.32 Å². The zero-order valence-corrected chi connectivity index (χ0v) is 18.6. The Balaban J connectivity index is 1.64. The van der Waals surface area contributed by atoms with Crippen molar-refractivity contribution in [3.8, 4) is 0 Å². The van der Waals surface area contributed by atoms with E-state index in [-0.39, 0.29) is 22.4 Å². The second kappa shape index (κ2) is 9.96. The lowest BCUT2D eigenvalue weighted by molar-refractivity contribution is -0.125. The number of ether oxygens (including phenoxy) is 1. The number of hydrogen-bond donors (Lipinski definition) is 1. The monoisotopic (exact) mass is 444 g/mol. The first kappa shape index (κ1) is 22.8. The third-order valence-electron chi connectivity index (χ3n) is 5.64. The van der Waals surface area contributed by atoms with Gasteiger partial charge in [0, 0.05) is 13.1 Å². The van der Waals surface area contributed by atoms with Crippen LogP contribution in [0.5, 0.6) is 0 Å². The highest BCUT2D eigenvalue weighted by atomic mass is 32.2. The maximum atomic E-state index is 12.9. The van der Waals surface area contributed by atoms with Gasteiger partial charge in [0.05, 0.1) is 16.1 Å². The number of sulfonamides is 1. The fraction of sp³-hybridized carbons (Fsp3) is 0.391. The maximum absolute atomic E-state index is 12.9. The number of rotatable bonds is 7. The number of carbonyl (C=O) groups excluding carboxylic acids is 2. The van der Waals surface area contributed by atoms with Crippen LogP contribution in [-0.2, 0) is 19.6 Å². The average Bonchev–Trinajstić information content (AvgIpc) is 2.79. The second-order valence-electron chi connectivity index (χ2n) is 7.85. The predicted molar refractivity (Wildman–Crippen MR) is 118 cm³/mol. The first-order chi connectivity index (χ1) is 14.8. The van der Waals surface area contributed by atoms with Gasteiger partial charge in [0.15, 0.2) is 6.61 Å². The number of esters is 1. The van der Waals surface area contributed by atoms with E-state index >= 15 is 0 Å². The van der Waals surface area contributed by atoms with E-state index in [1.807, 2.05) is 0 Å². The van der Waals surface area contributed by atoms with Gasteiger partial charge in [-0.15, -0.1) is 0 Å². The van der Waals surface area contributed by atoms with Crippen LogP contribution in [0.4, 0.5) is 5.69 Å². The largest absolute Gasteiger partial charge is 0.452 e. The number of para-hydroxylation sites is 1. The summed E-state index contributed by atoms with van der Waals surface area (Å²) < 4.78 is 32.1. The molecular weight excluding hydrogens is 416 g/mol. The number of hydrogen-bond acceptors (Lipinski definition) is 5. The molecule has 0 saturated heterocycles. The lowest BCUT2D eigenvalue weighted by Gasteiger charge is -2.29. The summed E-state index contributed by atoms with van der Waals surface area (Å²) in [6, 6.07) is 14.4. The normalized spacial score (nSPS) is 18.8. The van der Waals surface area contributed by atoms with Gasteiger partial charge in [-0.2, -0.15) is 0 Å². The minimum Gasteiger partial charge on any atom is -0.452 e. The van der Waals surface area contributed by atoms with Crippen molar-refractivity contribution in [3.05, 3.63) is 60.2 Å². The fourth-order valence-corrected chi connectivity index (χ4v) is 4.95. The van der Waals surface area contributed by atoms with Crippen LogP contribution in [0.1, 0.15) is 43.0 Å². The highest BCUT2D eigenvalue weighted by Crippen LogP contribution is 2.24. The molecular formula is C23H28N2O5S. The van der Waals surface area contributed by atoms with Gasteiger partial charge in [0.1, 0.15) is 0 Å². The fourth-order valence-electron chi connectivity index (χ4n) is 3.71. The molecule has 0 heterocycles. The Hall–Kier alpha value is -2.87. The molecule has 2 aromatic carbocycles. The molecule has 1 N–H and O–H groups in total. The van der Waals surface area contributed by atoms with Gasteiger partial charge in [-0.25, -0.2) is 13.2 Å². The molecule has 8 heteroatoms. The van der Waals surface area contributed by atoms with Crippen LogP contribution in [0.2, 0.25) is 0 Å². The number of benzene rings is 2. The number of amides is 1. The third-order valence-corrected chi connectivity index (χ3v) is 7.42. The minimum atomic E-state index is -3.86. The predicted octanol–water partition coefficient (Wildman–Crippen LogP) is 3.36. The Morgan fingerprint density at radius 3 is 2.48 bits per heavy atom. The van der Waals surface area contributed by atoms with Gasteiger partial charge >= 0.3 is 5.97 Å². The van der Waals surface area contributed by atoms with E-state index < -0.39 is 22.6 Å². The van der Waals surface area contributed by atoms with E-state index in [0.717, 1.165) is 23.6 Å². The molecule has 1 aliphatic carbocycles. The molecule has 166 valence electrons. The van der Waals surface area contributed by atoms with Gasteiger partial charge in [0.2, 0.25) is 0 Å². The standard InChI is InChI=1S/C23H28N2O5S/c1-17-9-6-7-14-21(17)24-22(26)16-30-23(27)18-10-8-13-20(15-18)31(28,29)25(2)19-11-4-3-5-12-19/h3-5,8,10-13,15,17,21H,6-7,9,14,16H2,1-2H3,(H,24,26). The van der Waals surface area contributed by atoms with Crippen LogP contribution in [0.15, 0.2) is 59.5 Å². The van der Waals surface area contributed by atoms with Crippen LogP contribution in [0.25, 0.3) is 0 Å². The maximum Gasteiger partial charge on any atom is 0.338 e. The summed E-state index contributed by atoms with van der Waals surface area (Å²) in [5.74, 6) is -0.692. The van der Waals surface area contributed by atoms with Crippen molar-refractivity contribution in [1.29, 1.82) is 0 Å². The van der Waals surface area contributed by atoms with E-state index in [0.29, 0.717) is 11.6 Å². The zero-order valence-electron chi connectivity index (χ0n) is 17.8. The Morgan fingerprint density at radius 2 is 1.77 bits per heavy atom. The van der Waals surface area contributed by atoms with Crippen molar-refractivity contribution in [3.63, 3.8) is 0 Å². The van der Waals surface area contributed by atoms with Crippen LogP contribution in [0, 0.1) is 5.92 Å². The summed E-state index contributed by atoms with van der Waals surface area (Å²) in [7, 11) is -2.41. The van der Waals surface area contributed by atoms with Gasteiger partial charge in [0.25, 0.3) is 15.9 Å². The van der Waals surface area contributed by atoms with Crippen molar-refractivity contribution in [2.75, 3.05) is 18.0 Å². The summed E-state index contributed by atoms with van der Waals surface area (Å²) in [5.41, 5.74) is 0.575. The van der Waals surface area contributed by atoms with E-state index in [9.17, 15) is 18.0 Å². The number of nitrogens with zero attached hydrogens (tertiary/aromatic N) is 1. The number of carbonyl (C=O) groups is 2. The molecule has 0 aromatic heterocycles. The van der Waals surface area contributed by atoms with Crippen molar-refractivity contribution < 1.29 is 22.7 Å². The molecule has 0 bridgehead atoms. The van der Waals surface area contributed by atoms with Gasteiger partial charge < -0.3 is 10.1 Å². The Labute approximate surface area is 183 Å². The van der Waals surface area contributed by atoms with Crippen molar-refractivity contribution in [2.45, 2.75) is 43.5 Å². The van der Waals surface area contributed by atoms with Crippen molar-refractivity contribution in [2.24, 2.45) is 5.92 Å². The highest BCUT2D eigenvalue weighted by Gasteiger charge is 2.24. The zero-order chi connectivity index (χ0) is 22.4. The lowest BCUT2D eigenvalue weighted by atomic mass is 9.86. The molecule has 1 saturated carbocycles. The Kier molecular flexibility index (Phi) is 7.33. The van der Waals surface area contributed by atoms with E-state index in [1.165, 1.54) is 37.7 Å². The SMILES string of the molecule is CC1CCCCC1NC(=O)COC(=O)c1cccc(S(=O)(=O)N(C)c2ccccc2)c1. The molecule has 1 fully saturated rings. The van der Waals surface area contributed by atoms with Crippen LogP contribution in [-0.4, -0.2) is 40.0 Å². The molecule has 0 spiro atoms. The van der Waals surface area contributed by atoms with E-state index in [2.05, 4.69) is 12.2 Å². The molecule has 0 radical (unpaired) electrons. The van der Waals surface area contributed by atoms with Gasteiger partial charge in [-0.1, -0.05) is 44.0 Å². The second-order valence-corrected chi connectivity index (χ2v) is 9.82. The van der Waals surface area contributed by atoms with E-state index in [4.69, 9.17) is 4.74 Å². The summed E-state index contributed by atoms with van der Waals surface area (Å²) >= 11 is 0. The topological polar surface area (TPSA) is 92.8 Å². The highest BCUT2D eigenvalue weighted by molar-refractivity contribution is 7.92. The smallest absolute Gasteiger partial charge is 0.338 e.